The van der Waals surface area contributed by atoms with Crippen molar-refractivity contribution in [2.45, 2.75) is 51.2 Å². The lowest BCUT2D eigenvalue weighted by molar-refractivity contribution is -0.153. The van der Waals surface area contributed by atoms with Gasteiger partial charge in [-0.2, -0.15) is 0 Å². The zero-order valence-electron chi connectivity index (χ0n) is 18.3. The summed E-state index contributed by atoms with van der Waals surface area (Å²) in [5.74, 6) is -0.501. The summed E-state index contributed by atoms with van der Waals surface area (Å²) in [6, 6.07) is 9.15. The fourth-order valence-corrected chi connectivity index (χ4v) is 3.46. The fraction of sp³-hybridized carbons (Fsp3) is 0.455. The van der Waals surface area contributed by atoms with E-state index in [2.05, 4.69) is 15.6 Å². The third-order valence-corrected chi connectivity index (χ3v) is 5.24. The minimum Gasteiger partial charge on any atom is -0.459 e. The summed E-state index contributed by atoms with van der Waals surface area (Å²) in [6.07, 6.45) is -0.347. The van der Waals surface area contributed by atoms with Crippen LogP contribution in [0.2, 0.25) is 0 Å². The third-order valence-electron chi connectivity index (χ3n) is 5.24. The van der Waals surface area contributed by atoms with Gasteiger partial charge in [-0.05, 0) is 18.9 Å². The molecule has 1 fully saturated rings. The van der Waals surface area contributed by atoms with Gasteiger partial charge in [-0.3, -0.25) is 19.1 Å². The highest BCUT2D eigenvalue weighted by Crippen LogP contribution is 2.30. The van der Waals surface area contributed by atoms with E-state index in [-0.39, 0.29) is 25.4 Å². The Labute approximate surface area is 189 Å². The molecule has 33 heavy (non-hydrogen) atoms. The molecule has 2 heterocycles. The van der Waals surface area contributed by atoms with E-state index in [1.54, 1.807) is 6.92 Å². The Morgan fingerprint density at radius 3 is 2.73 bits per heavy atom. The van der Waals surface area contributed by atoms with Crippen LogP contribution < -0.4 is 21.9 Å². The van der Waals surface area contributed by atoms with Crippen LogP contribution in [-0.2, 0) is 20.8 Å². The number of hydrogen-bond acceptors (Lipinski definition) is 7. The maximum Gasteiger partial charge on any atom is 0.330 e. The van der Waals surface area contributed by atoms with Crippen molar-refractivity contribution in [2.75, 3.05) is 13.2 Å². The number of amides is 2. The van der Waals surface area contributed by atoms with Crippen LogP contribution in [0.4, 0.5) is 4.79 Å². The Morgan fingerprint density at radius 1 is 1.24 bits per heavy atom. The Kier molecular flexibility index (Phi) is 8.39. The minimum atomic E-state index is -0.792. The molecule has 0 unspecified atom stereocenters. The number of carbonyl (C=O) groups excluding carboxylic acids is 2. The number of urea groups is 1. The summed E-state index contributed by atoms with van der Waals surface area (Å²) in [5, 5.41) is 15.0. The number of aromatic nitrogens is 2. The molecule has 3 atom stereocenters. The number of hydrogen-bond donors (Lipinski definition) is 4. The predicted octanol–water partition coefficient (Wildman–Crippen LogP) is 0.316. The lowest BCUT2D eigenvalue weighted by atomic mass is 10.2. The number of carbonyl (C=O) groups is 2. The Balaban J connectivity index is 1.41. The van der Waals surface area contributed by atoms with Gasteiger partial charge >= 0.3 is 17.7 Å². The molecular formula is C22H28N4O7. The van der Waals surface area contributed by atoms with E-state index in [9.17, 15) is 24.3 Å². The van der Waals surface area contributed by atoms with Crippen LogP contribution in [0, 0.1) is 6.92 Å². The van der Waals surface area contributed by atoms with Gasteiger partial charge in [0.2, 0.25) is 0 Å². The van der Waals surface area contributed by atoms with E-state index in [1.165, 1.54) is 10.8 Å². The van der Waals surface area contributed by atoms with Gasteiger partial charge in [0.05, 0.1) is 6.61 Å². The van der Waals surface area contributed by atoms with Crippen molar-refractivity contribution in [2.24, 2.45) is 0 Å². The number of aromatic amines is 1. The molecule has 4 N–H and O–H groups in total. The molecule has 1 aliphatic rings. The SMILES string of the molecule is Cc1cn([C@H]2C[C@H](OC(=O)CCCNC(=O)NCc3ccccc3)[C@@H](CO)O2)c(=O)[nH]c1=O. The number of nitrogens with zero attached hydrogens (tertiary/aromatic N) is 1. The van der Waals surface area contributed by atoms with Crippen LogP contribution in [-0.4, -0.2) is 52.0 Å². The molecule has 0 bridgehead atoms. The van der Waals surface area contributed by atoms with Crippen molar-refractivity contribution in [3.8, 4) is 0 Å². The standard InChI is InChI=1S/C22H28N4O7/c1-14-12-26(22(31)25-20(14)29)18-10-16(17(13-27)32-18)33-19(28)8-5-9-23-21(30)24-11-15-6-3-2-4-7-15/h2-4,6-7,12,16-18,27H,5,8-11,13H2,1H3,(H2,23,24,30)(H,25,29,31)/t16-,17+,18+/m0/s1. The number of aliphatic hydroxyl groups is 1. The quantitative estimate of drug-likeness (QED) is 0.311. The Bertz CT molecular complexity index is 1070. The van der Waals surface area contributed by atoms with E-state index >= 15 is 0 Å². The summed E-state index contributed by atoms with van der Waals surface area (Å²) in [7, 11) is 0. The molecule has 3 rings (SSSR count). The van der Waals surface area contributed by atoms with Gasteiger partial charge < -0.3 is 25.2 Å². The maximum absolute atomic E-state index is 12.2. The number of H-pyrrole nitrogens is 1. The summed E-state index contributed by atoms with van der Waals surface area (Å²) in [5.41, 5.74) is 0.180. The topological polar surface area (TPSA) is 152 Å². The van der Waals surface area contributed by atoms with Gasteiger partial charge in [0, 0.05) is 37.7 Å². The second kappa shape index (κ2) is 11.4. The Morgan fingerprint density at radius 2 is 2.00 bits per heavy atom. The van der Waals surface area contributed by atoms with Gasteiger partial charge in [0.15, 0.2) is 0 Å². The van der Waals surface area contributed by atoms with E-state index < -0.39 is 42.3 Å². The number of benzene rings is 1. The molecule has 11 nitrogen and oxygen atoms in total. The van der Waals surface area contributed by atoms with Crippen molar-refractivity contribution in [3.63, 3.8) is 0 Å². The lowest BCUT2D eigenvalue weighted by Gasteiger charge is -2.16. The van der Waals surface area contributed by atoms with E-state index in [4.69, 9.17) is 9.47 Å². The first-order valence-electron chi connectivity index (χ1n) is 10.7. The second-order valence-electron chi connectivity index (χ2n) is 7.75. The average Bonchev–Trinajstić information content (AvgIpc) is 3.20. The molecule has 0 aliphatic carbocycles. The fourth-order valence-electron chi connectivity index (χ4n) is 3.46. The van der Waals surface area contributed by atoms with Crippen LogP contribution in [0.25, 0.3) is 0 Å². The number of esters is 1. The van der Waals surface area contributed by atoms with Crippen molar-refractivity contribution in [1.82, 2.24) is 20.2 Å². The molecule has 1 aromatic heterocycles. The second-order valence-corrected chi connectivity index (χ2v) is 7.75. The molecule has 2 aromatic rings. The highest BCUT2D eigenvalue weighted by atomic mass is 16.6. The van der Waals surface area contributed by atoms with Crippen LogP contribution in [0.5, 0.6) is 0 Å². The summed E-state index contributed by atoms with van der Waals surface area (Å²) in [6.45, 7) is 1.85. The molecular weight excluding hydrogens is 432 g/mol. The molecule has 11 heteroatoms. The largest absolute Gasteiger partial charge is 0.459 e. The van der Waals surface area contributed by atoms with Gasteiger partial charge in [0.1, 0.15) is 18.4 Å². The first kappa shape index (κ1) is 24.2. The van der Waals surface area contributed by atoms with E-state index in [0.29, 0.717) is 18.5 Å². The molecule has 1 saturated heterocycles. The van der Waals surface area contributed by atoms with E-state index in [1.807, 2.05) is 30.3 Å². The molecule has 2 amide bonds. The maximum atomic E-state index is 12.2. The van der Waals surface area contributed by atoms with Crippen LogP contribution in [0.15, 0.2) is 46.1 Å². The summed E-state index contributed by atoms with van der Waals surface area (Å²) in [4.78, 5) is 49.9. The number of rotatable bonds is 9. The monoisotopic (exact) mass is 460 g/mol. The first-order valence-corrected chi connectivity index (χ1v) is 10.7. The van der Waals surface area contributed by atoms with Crippen LogP contribution in [0.1, 0.15) is 36.6 Å². The summed E-state index contributed by atoms with van der Waals surface area (Å²) >= 11 is 0. The minimum absolute atomic E-state index is 0.0655. The molecule has 1 aromatic carbocycles. The van der Waals surface area contributed by atoms with Crippen LogP contribution >= 0.6 is 0 Å². The van der Waals surface area contributed by atoms with Gasteiger partial charge in [-0.15, -0.1) is 0 Å². The van der Waals surface area contributed by atoms with Gasteiger partial charge in [0.25, 0.3) is 5.56 Å². The Hall–Kier alpha value is -3.44. The van der Waals surface area contributed by atoms with Crippen molar-refractivity contribution >= 4 is 12.0 Å². The number of aliphatic hydroxyl groups excluding tert-OH is 1. The van der Waals surface area contributed by atoms with Crippen LogP contribution in [0.3, 0.4) is 0 Å². The molecule has 0 radical (unpaired) electrons. The van der Waals surface area contributed by atoms with E-state index in [0.717, 1.165) is 5.56 Å². The number of ether oxygens (including phenoxy) is 2. The molecule has 1 aliphatic heterocycles. The zero-order valence-corrected chi connectivity index (χ0v) is 18.3. The van der Waals surface area contributed by atoms with Gasteiger partial charge in [-0.25, -0.2) is 9.59 Å². The lowest BCUT2D eigenvalue weighted by Crippen LogP contribution is -2.36. The number of nitrogens with one attached hydrogen (secondary N) is 3. The van der Waals surface area contributed by atoms with Crippen molar-refractivity contribution in [3.05, 3.63) is 68.5 Å². The first-order chi connectivity index (χ1) is 15.9. The number of aryl methyl sites for hydroxylation is 1. The average molecular weight is 460 g/mol. The van der Waals surface area contributed by atoms with Crippen molar-refractivity contribution < 1.29 is 24.2 Å². The molecule has 178 valence electrons. The highest BCUT2D eigenvalue weighted by Gasteiger charge is 2.38. The normalized spacial score (nSPS) is 19.8. The predicted molar refractivity (Wildman–Crippen MR) is 117 cm³/mol. The highest BCUT2D eigenvalue weighted by molar-refractivity contribution is 5.74. The van der Waals surface area contributed by atoms with Gasteiger partial charge in [-0.1, -0.05) is 30.3 Å². The molecule has 0 saturated carbocycles. The molecule has 0 spiro atoms. The summed E-state index contributed by atoms with van der Waals surface area (Å²) < 4.78 is 12.3. The van der Waals surface area contributed by atoms with Crippen molar-refractivity contribution in [1.29, 1.82) is 0 Å². The zero-order chi connectivity index (χ0) is 23.8. The smallest absolute Gasteiger partial charge is 0.330 e. The third kappa shape index (κ3) is 6.77.